The summed E-state index contributed by atoms with van der Waals surface area (Å²) in [6.07, 6.45) is 2.72. The number of aromatic nitrogens is 1. The molecule has 168 valence electrons. The maximum Gasteiger partial charge on any atom is 0.0723 e. The first-order chi connectivity index (χ1) is 16.3. The second-order valence-electron chi connectivity index (χ2n) is 8.53. The van der Waals surface area contributed by atoms with Crippen molar-refractivity contribution in [2.24, 2.45) is 0 Å². The quantitative estimate of drug-likeness (QED) is 0.418. The predicted octanol–water partition coefficient (Wildman–Crippen LogP) is 5.15. The van der Waals surface area contributed by atoms with E-state index in [0.29, 0.717) is 0 Å². The van der Waals surface area contributed by atoms with Crippen LogP contribution in [0.1, 0.15) is 6.42 Å². The molecule has 0 atom stereocenters. The molecule has 1 aromatic heterocycles. The molecule has 1 fully saturated rings. The summed E-state index contributed by atoms with van der Waals surface area (Å²) in [5.41, 5.74) is 6.76. The Bertz CT molecular complexity index is 1190. The van der Waals surface area contributed by atoms with Crippen LogP contribution in [0.15, 0.2) is 85.1 Å². The van der Waals surface area contributed by atoms with Crippen LogP contribution in [0.2, 0.25) is 0 Å². The van der Waals surface area contributed by atoms with Gasteiger partial charge in [-0.2, -0.15) is 0 Å². The van der Waals surface area contributed by atoms with Gasteiger partial charge in [-0.1, -0.05) is 36.4 Å². The molecular weight excluding hydrogens is 408 g/mol. The van der Waals surface area contributed by atoms with Crippen LogP contribution in [-0.2, 0) is 0 Å². The summed E-state index contributed by atoms with van der Waals surface area (Å²) in [5, 5.41) is 13.7. The summed E-state index contributed by atoms with van der Waals surface area (Å²) in [4.78, 5) is 9.42. The van der Waals surface area contributed by atoms with Gasteiger partial charge in [-0.05, 0) is 60.0 Å². The Morgan fingerprint density at radius 2 is 1.61 bits per heavy atom. The van der Waals surface area contributed by atoms with Crippen LogP contribution in [0.3, 0.4) is 0 Å². The number of piperazine rings is 1. The van der Waals surface area contributed by atoms with Gasteiger partial charge in [0, 0.05) is 68.0 Å². The van der Waals surface area contributed by atoms with Crippen LogP contribution in [-0.4, -0.2) is 54.3 Å². The zero-order valence-electron chi connectivity index (χ0n) is 18.8. The van der Waals surface area contributed by atoms with E-state index in [2.05, 4.69) is 86.8 Å². The topological polar surface area (TPSA) is 51.6 Å². The van der Waals surface area contributed by atoms with E-state index >= 15 is 0 Å². The maximum atomic E-state index is 9.04. The number of fused-ring (bicyclic) bond motifs is 1. The molecule has 0 aliphatic carbocycles. The Labute approximate surface area is 195 Å². The average Bonchev–Trinajstić information content (AvgIpc) is 2.89. The molecule has 5 rings (SSSR count). The number of anilines is 3. The minimum absolute atomic E-state index is 0.273. The number of pyridine rings is 1. The fraction of sp³-hybridized carbons (Fsp3) is 0.250. The average molecular weight is 439 g/mol. The molecule has 33 heavy (non-hydrogen) atoms. The van der Waals surface area contributed by atoms with Crippen LogP contribution in [0.25, 0.3) is 22.0 Å². The van der Waals surface area contributed by atoms with Crippen LogP contribution in [0.4, 0.5) is 17.1 Å². The summed E-state index contributed by atoms with van der Waals surface area (Å²) < 4.78 is 0. The molecule has 5 heteroatoms. The number of rotatable bonds is 7. The fourth-order valence-electron chi connectivity index (χ4n) is 4.50. The molecule has 0 radical (unpaired) electrons. The molecule has 1 saturated heterocycles. The maximum absolute atomic E-state index is 9.04. The molecule has 4 aromatic rings. The summed E-state index contributed by atoms with van der Waals surface area (Å²) in [6.45, 7) is 5.40. The lowest BCUT2D eigenvalue weighted by Crippen LogP contribution is -2.46. The molecule has 0 amide bonds. The van der Waals surface area contributed by atoms with Gasteiger partial charge >= 0.3 is 0 Å². The third-order valence-corrected chi connectivity index (χ3v) is 6.36. The monoisotopic (exact) mass is 438 g/mol. The second kappa shape index (κ2) is 10.0. The number of nitrogens with one attached hydrogen (secondary N) is 1. The van der Waals surface area contributed by atoms with Gasteiger partial charge in [0.25, 0.3) is 0 Å². The van der Waals surface area contributed by atoms with Gasteiger partial charge in [-0.25, -0.2) is 0 Å². The van der Waals surface area contributed by atoms with Crippen LogP contribution in [0.5, 0.6) is 0 Å². The van der Waals surface area contributed by atoms with E-state index in [1.54, 1.807) is 0 Å². The molecule has 1 aliphatic heterocycles. The second-order valence-corrected chi connectivity index (χ2v) is 8.53. The molecule has 0 spiro atoms. The zero-order chi connectivity index (χ0) is 22.5. The Balaban J connectivity index is 1.31. The third-order valence-electron chi connectivity index (χ3n) is 6.36. The molecule has 2 heterocycles. The largest absolute Gasteiger partial charge is 0.396 e. The summed E-state index contributed by atoms with van der Waals surface area (Å²) in [6, 6.07) is 27.6. The first-order valence-corrected chi connectivity index (χ1v) is 11.7. The number of aliphatic hydroxyl groups is 1. The van der Waals surface area contributed by atoms with Crippen molar-refractivity contribution in [3.63, 3.8) is 0 Å². The van der Waals surface area contributed by atoms with Crippen LogP contribution < -0.4 is 10.2 Å². The molecular formula is C28H30N4O. The highest BCUT2D eigenvalue weighted by molar-refractivity contribution is 5.95. The van der Waals surface area contributed by atoms with Crippen molar-refractivity contribution in [3.05, 3.63) is 85.1 Å². The minimum Gasteiger partial charge on any atom is -0.396 e. The number of benzene rings is 3. The van der Waals surface area contributed by atoms with Crippen molar-refractivity contribution < 1.29 is 5.11 Å². The van der Waals surface area contributed by atoms with Gasteiger partial charge < -0.3 is 15.3 Å². The van der Waals surface area contributed by atoms with Gasteiger partial charge in [0.1, 0.15) is 0 Å². The highest BCUT2D eigenvalue weighted by atomic mass is 16.3. The number of nitrogens with zero attached hydrogens (tertiary/aromatic N) is 3. The van der Waals surface area contributed by atoms with E-state index in [4.69, 9.17) is 5.11 Å². The lowest BCUT2D eigenvalue weighted by molar-refractivity contribution is 0.216. The standard InChI is InChI=1S/C28H30N4O/c33-20-4-15-31-16-18-32(19-17-31)25-10-8-24(9-11-25)30-28-13-14-29-27-12-7-23(21-26(27)28)22-5-2-1-3-6-22/h1-3,5-14,21,33H,4,15-20H2,(H,29,30). The fourth-order valence-corrected chi connectivity index (χ4v) is 4.50. The van der Waals surface area contributed by atoms with Crippen LogP contribution in [0, 0.1) is 0 Å². The summed E-state index contributed by atoms with van der Waals surface area (Å²) in [7, 11) is 0. The van der Waals surface area contributed by atoms with E-state index in [1.807, 2.05) is 18.3 Å². The molecule has 2 N–H and O–H groups in total. The van der Waals surface area contributed by atoms with Gasteiger partial charge in [-0.3, -0.25) is 9.88 Å². The van der Waals surface area contributed by atoms with E-state index < -0.39 is 0 Å². The van der Waals surface area contributed by atoms with E-state index in [9.17, 15) is 0 Å². The zero-order valence-corrected chi connectivity index (χ0v) is 18.8. The lowest BCUT2D eigenvalue weighted by atomic mass is 10.0. The Hall–Kier alpha value is -3.41. The minimum atomic E-state index is 0.273. The van der Waals surface area contributed by atoms with E-state index in [0.717, 1.165) is 61.4 Å². The number of hydrogen-bond acceptors (Lipinski definition) is 5. The van der Waals surface area contributed by atoms with Crippen molar-refractivity contribution in [1.29, 1.82) is 0 Å². The normalized spacial score (nSPS) is 14.5. The van der Waals surface area contributed by atoms with Gasteiger partial charge in [-0.15, -0.1) is 0 Å². The third kappa shape index (κ3) is 5.00. The van der Waals surface area contributed by atoms with Crippen molar-refractivity contribution in [2.75, 3.05) is 49.5 Å². The molecule has 0 saturated carbocycles. The molecule has 0 unspecified atom stereocenters. The molecule has 0 bridgehead atoms. The molecule has 3 aromatic carbocycles. The first kappa shape index (κ1) is 21.4. The van der Waals surface area contributed by atoms with Gasteiger partial charge in [0.2, 0.25) is 0 Å². The van der Waals surface area contributed by atoms with Gasteiger partial charge in [0.15, 0.2) is 0 Å². The van der Waals surface area contributed by atoms with Crippen molar-refractivity contribution in [3.8, 4) is 11.1 Å². The van der Waals surface area contributed by atoms with Crippen LogP contribution >= 0.6 is 0 Å². The number of aliphatic hydroxyl groups excluding tert-OH is 1. The number of hydrogen-bond donors (Lipinski definition) is 2. The Morgan fingerprint density at radius 3 is 2.36 bits per heavy atom. The molecule has 5 nitrogen and oxygen atoms in total. The van der Waals surface area contributed by atoms with Crippen molar-refractivity contribution in [1.82, 2.24) is 9.88 Å². The smallest absolute Gasteiger partial charge is 0.0723 e. The SMILES string of the molecule is OCCCN1CCN(c2ccc(Nc3ccnc4ccc(-c5ccccc5)cc34)cc2)CC1. The van der Waals surface area contributed by atoms with Gasteiger partial charge in [0.05, 0.1) is 5.52 Å². The highest BCUT2D eigenvalue weighted by Crippen LogP contribution is 2.30. The lowest BCUT2D eigenvalue weighted by Gasteiger charge is -2.36. The highest BCUT2D eigenvalue weighted by Gasteiger charge is 2.16. The van der Waals surface area contributed by atoms with Crippen molar-refractivity contribution in [2.45, 2.75) is 6.42 Å². The Kier molecular flexibility index (Phi) is 6.51. The Morgan fingerprint density at radius 1 is 0.818 bits per heavy atom. The summed E-state index contributed by atoms with van der Waals surface area (Å²) >= 11 is 0. The van der Waals surface area contributed by atoms with E-state index in [-0.39, 0.29) is 6.61 Å². The molecule has 1 aliphatic rings. The first-order valence-electron chi connectivity index (χ1n) is 11.7. The van der Waals surface area contributed by atoms with E-state index in [1.165, 1.54) is 16.8 Å². The predicted molar refractivity (Wildman–Crippen MR) is 137 cm³/mol. The summed E-state index contributed by atoms with van der Waals surface area (Å²) in [5.74, 6) is 0. The van der Waals surface area contributed by atoms with Crippen molar-refractivity contribution >= 4 is 28.0 Å².